The maximum Gasteiger partial charge on any atom is 0.416 e. The number of hydrogen-bond acceptors (Lipinski definition) is 2. The molecular weight excluding hydrogens is 247 g/mol. The minimum Gasteiger partial charge on any atom is -0.478 e. The van der Waals surface area contributed by atoms with E-state index in [0.29, 0.717) is 12.6 Å². The largest absolute Gasteiger partial charge is 0.478 e. The topological polar surface area (TPSA) is 49.3 Å². The van der Waals surface area contributed by atoms with Crippen molar-refractivity contribution in [2.24, 2.45) is 0 Å². The number of hydrogen-bond donors (Lipinski definition) is 2. The Morgan fingerprint density at radius 3 is 2.61 bits per heavy atom. The predicted molar refractivity (Wildman–Crippen MR) is 59.2 cm³/mol. The quantitative estimate of drug-likeness (QED) is 0.796. The van der Waals surface area contributed by atoms with Gasteiger partial charge in [0.1, 0.15) is 0 Å². The van der Waals surface area contributed by atoms with E-state index in [2.05, 4.69) is 17.2 Å². The fourth-order valence-corrected chi connectivity index (χ4v) is 1.23. The van der Waals surface area contributed by atoms with Crippen molar-refractivity contribution in [3.8, 4) is 11.8 Å². The summed E-state index contributed by atoms with van der Waals surface area (Å²) in [4.78, 5) is 10.9. The summed E-state index contributed by atoms with van der Waals surface area (Å²) >= 11 is 0. The lowest BCUT2D eigenvalue weighted by molar-refractivity contribution is -0.137. The number of aromatic carboxylic acids is 1. The molecule has 0 atom stereocenters. The Morgan fingerprint density at radius 1 is 1.44 bits per heavy atom. The molecule has 1 rings (SSSR count). The van der Waals surface area contributed by atoms with Crippen LogP contribution in [0.15, 0.2) is 18.2 Å². The lowest BCUT2D eigenvalue weighted by Crippen LogP contribution is -2.09. The van der Waals surface area contributed by atoms with Gasteiger partial charge >= 0.3 is 12.1 Å². The molecule has 0 bridgehead atoms. The predicted octanol–water partition coefficient (Wildman–Crippen LogP) is 1.97. The Balaban J connectivity index is 3.23. The van der Waals surface area contributed by atoms with Gasteiger partial charge < -0.3 is 10.4 Å². The van der Waals surface area contributed by atoms with Crippen molar-refractivity contribution in [2.75, 3.05) is 13.6 Å². The van der Waals surface area contributed by atoms with Crippen molar-refractivity contribution in [1.82, 2.24) is 5.32 Å². The van der Waals surface area contributed by atoms with Gasteiger partial charge in [-0.25, -0.2) is 4.79 Å². The number of alkyl halides is 3. The third-order valence-corrected chi connectivity index (χ3v) is 2.07. The lowest BCUT2D eigenvalue weighted by Gasteiger charge is -2.08. The Kier molecular flexibility index (Phi) is 4.34. The van der Waals surface area contributed by atoms with Gasteiger partial charge in [0.05, 0.1) is 17.7 Å². The number of halogens is 3. The molecule has 0 spiro atoms. The molecule has 6 heteroatoms. The summed E-state index contributed by atoms with van der Waals surface area (Å²) in [5, 5.41) is 11.6. The first-order chi connectivity index (χ1) is 8.36. The van der Waals surface area contributed by atoms with Crippen LogP contribution in [0.2, 0.25) is 0 Å². The fraction of sp³-hybridized carbons (Fsp3) is 0.250. The van der Waals surface area contributed by atoms with E-state index < -0.39 is 23.3 Å². The highest BCUT2D eigenvalue weighted by molar-refractivity contribution is 5.91. The van der Waals surface area contributed by atoms with Gasteiger partial charge in [0.2, 0.25) is 0 Å². The fourth-order valence-electron chi connectivity index (χ4n) is 1.23. The number of benzene rings is 1. The molecule has 0 saturated carbocycles. The van der Waals surface area contributed by atoms with E-state index in [1.54, 1.807) is 7.05 Å². The summed E-state index contributed by atoms with van der Waals surface area (Å²) in [6.45, 7) is 0.320. The number of carboxylic acid groups (broad SMARTS) is 1. The van der Waals surface area contributed by atoms with Gasteiger partial charge in [0.15, 0.2) is 0 Å². The van der Waals surface area contributed by atoms with Crippen LogP contribution in [0.5, 0.6) is 0 Å². The Labute approximate surface area is 102 Å². The van der Waals surface area contributed by atoms with Crippen LogP contribution >= 0.6 is 0 Å². The van der Waals surface area contributed by atoms with Gasteiger partial charge in [0.25, 0.3) is 0 Å². The standard InChI is InChI=1S/C12H10F3NO2/c1-16-6-2-3-8-4-5-9(12(13,14)15)7-10(8)11(17)18/h4-5,7,16H,6H2,1H3,(H,17,18). The molecule has 0 aromatic heterocycles. The second-order valence-corrected chi connectivity index (χ2v) is 3.40. The van der Waals surface area contributed by atoms with Crippen LogP contribution in [0, 0.1) is 11.8 Å². The van der Waals surface area contributed by atoms with E-state index in [4.69, 9.17) is 5.11 Å². The van der Waals surface area contributed by atoms with Crippen LogP contribution in [-0.4, -0.2) is 24.7 Å². The Hall–Kier alpha value is -2.00. The van der Waals surface area contributed by atoms with Crippen molar-refractivity contribution in [3.05, 3.63) is 34.9 Å². The molecule has 18 heavy (non-hydrogen) atoms. The average molecular weight is 257 g/mol. The molecule has 0 aliphatic rings. The first-order valence-corrected chi connectivity index (χ1v) is 4.94. The number of nitrogens with one attached hydrogen (secondary N) is 1. The van der Waals surface area contributed by atoms with Crippen LogP contribution in [0.4, 0.5) is 13.2 Å². The van der Waals surface area contributed by atoms with Gasteiger partial charge in [-0.2, -0.15) is 13.2 Å². The van der Waals surface area contributed by atoms with Crippen molar-refractivity contribution < 1.29 is 23.1 Å². The van der Waals surface area contributed by atoms with Crippen LogP contribution < -0.4 is 5.32 Å². The highest BCUT2D eigenvalue weighted by Crippen LogP contribution is 2.30. The Bertz CT molecular complexity index is 512. The second kappa shape index (κ2) is 5.56. The highest BCUT2D eigenvalue weighted by atomic mass is 19.4. The maximum absolute atomic E-state index is 12.4. The summed E-state index contributed by atoms with van der Waals surface area (Å²) in [5.74, 6) is 3.68. The summed E-state index contributed by atoms with van der Waals surface area (Å²) < 4.78 is 37.3. The zero-order chi connectivity index (χ0) is 13.8. The van der Waals surface area contributed by atoms with Crippen LogP contribution in [0.25, 0.3) is 0 Å². The molecular formula is C12H10F3NO2. The molecule has 0 aliphatic carbocycles. The average Bonchev–Trinajstić information content (AvgIpc) is 2.28. The first-order valence-electron chi connectivity index (χ1n) is 4.94. The van der Waals surface area contributed by atoms with Crippen molar-refractivity contribution >= 4 is 5.97 Å². The summed E-state index contributed by atoms with van der Waals surface area (Å²) in [6.07, 6.45) is -4.57. The van der Waals surface area contributed by atoms with E-state index in [9.17, 15) is 18.0 Å². The van der Waals surface area contributed by atoms with Crippen LogP contribution in [0.3, 0.4) is 0 Å². The van der Waals surface area contributed by atoms with Gasteiger partial charge in [-0.05, 0) is 25.2 Å². The highest BCUT2D eigenvalue weighted by Gasteiger charge is 2.31. The summed E-state index contributed by atoms with van der Waals surface area (Å²) in [7, 11) is 1.65. The third-order valence-electron chi connectivity index (χ3n) is 2.07. The van der Waals surface area contributed by atoms with Crippen molar-refractivity contribution in [1.29, 1.82) is 0 Å². The van der Waals surface area contributed by atoms with Gasteiger partial charge in [0, 0.05) is 5.56 Å². The van der Waals surface area contributed by atoms with Gasteiger partial charge in [-0.1, -0.05) is 11.8 Å². The molecule has 1 aromatic carbocycles. The maximum atomic E-state index is 12.4. The van der Waals surface area contributed by atoms with E-state index in [1.807, 2.05) is 0 Å². The van der Waals surface area contributed by atoms with Gasteiger partial charge in [-0.15, -0.1) is 0 Å². The number of carboxylic acids is 1. The minimum atomic E-state index is -4.57. The zero-order valence-corrected chi connectivity index (χ0v) is 9.43. The normalized spacial score (nSPS) is 10.7. The number of rotatable bonds is 2. The van der Waals surface area contributed by atoms with Crippen molar-refractivity contribution in [3.63, 3.8) is 0 Å². The van der Waals surface area contributed by atoms with Gasteiger partial charge in [-0.3, -0.25) is 0 Å². The molecule has 0 amide bonds. The van der Waals surface area contributed by atoms with E-state index >= 15 is 0 Å². The first kappa shape index (κ1) is 14.1. The molecule has 3 nitrogen and oxygen atoms in total. The molecule has 1 aromatic rings. The van der Waals surface area contributed by atoms with E-state index in [-0.39, 0.29) is 5.56 Å². The van der Waals surface area contributed by atoms with E-state index in [0.717, 1.165) is 12.1 Å². The number of carbonyl (C=O) groups is 1. The van der Waals surface area contributed by atoms with E-state index in [1.165, 1.54) is 0 Å². The molecule has 0 heterocycles. The molecule has 0 aliphatic heterocycles. The van der Waals surface area contributed by atoms with Crippen molar-refractivity contribution in [2.45, 2.75) is 6.18 Å². The van der Waals surface area contributed by atoms with Crippen LogP contribution in [0.1, 0.15) is 21.5 Å². The lowest BCUT2D eigenvalue weighted by atomic mass is 10.0. The smallest absolute Gasteiger partial charge is 0.416 e. The molecule has 0 unspecified atom stereocenters. The SMILES string of the molecule is CNCC#Cc1ccc(C(F)(F)F)cc1C(=O)O. The third kappa shape index (κ3) is 3.50. The zero-order valence-electron chi connectivity index (χ0n) is 9.43. The summed E-state index contributed by atoms with van der Waals surface area (Å²) in [5.41, 5.74) is -1.39. The van der Waals surface area contributed by atoms with Crippen LogP contribution in [-0.2, 0) is 6.18 Å². The molecule has 0 saturated heterocycles. The second-order valence-electron chi connectivity index (χ2n) is 3.40. The molecule has 96 valence electrons. The Morgan fingerprint density at radius 2 is 2.11 bits per heavy atom. The summed E-state index contributed by atoms with van der Waals surface area (Å²) in [6, 6.07) is 2.47. The minimum absolute atomic E-state index is 0.0609. The molecule has 2 N–H and O–H groups in total. The molecule has 0 radical (unpaired) electrons. The molecule has 0 fully saturated rings. The monoisotopic (exact) mass is 257 g/mol.